The Labute approximate surface area is 174 Å². The molecule has 158 valence electrons. The second-order valence-corrected chi connectivity index (χ2v) is 9.60. The van der Waals surface area contributed by atoms with Crippen molar-refractivity contribution in [1.82, 2.24) is 14.3 Å². The summed E-state index contributed by atoms with van der Waals surface area (Å²) in [4.78, 5) is 7.35. The Morgan fingerprint density at radius 1 is 1.10 bits per heavy atom. The van der Waals surface area contributed by atoms with E-state index < -0.39 is 21.9 Å². The predicted octanol–water partition coefficient (Wildman–Crippen LogP) is 3.80. The van der Waals surface area contributed by atoms with Gasteiger partial charge >= 0.3 is 0 Å². The van der Waals surface area contributed by atoms with Crippen LogP contribution >= 0.6 is 0 Å². The van der Waals surface area contributed by atoms with E-state index in [1.54, 1.807) is 19.3 Å². The third-order valence-corrected chi connectivity index (χ3v) is 7.31. The van der Waals surface area contributed by atoms with Crippen molar-refractivity contribution in [3.05, 3.63) is 54.6 Å². The summed E-state index contributed by atoms with van der Waals surface area (Å²) in [6.45, 7) is 2.57. The highest BCUT2D eigenvalue weighted by molar-refractivity contribution is 7.89. The summed E-state index contributed by atoms with van der Waals surface area (Å²) < 4.78 is 53.0. The van der Waals surface area contributed by atoms with E-state index in [1.165, 1.54) is 16.4 Å². The van der Waals surface area contributed by atoms with Crippen molar-refractivity contribution in [2.45, 2.75) is 25.8 Å². The topological polar surface area (TPSA) is 75.2 Å². The molecule has 1 N–H and O–H groups in total. The number of anilines is 1. The number of benzene rings is 1. The molecule has 0 atom stereocenters. The maximum Gasteiger partial charge on any atom is 0.216 e. The number of fused-ring (bicyclic) bond motifs is 1. The van der Waals surface area contributed by atoms with Crippen LogP contribution in [0.5, 0.6) is 0 Å². The molecule has 4 rings (SSSR count). The van der Waals surface area contributed by atoms with E-state index in [-0.39, 0.29) is 11.8 Å². The molecule has 0 aliphatic carbocycles. The van der Waals surface area contributed by atoms with Gasteiger partial charge < -0.3 is 5.32 Å². The number of nitrogens with zero attached hydrogens (tertiary/aromatic N) is 3. The van der Waals surface area contributed by atoms with E-state index in [2.05, 4.69) is 15.3 Å². The van der Waals surface area contributed by atoms with Gasteiger partial charge in [0, 0.05) is 54.7 Å². The first-order valence-electron chi connectivity index (χ1n) is 9.81. The standard InChI is InChI=1S/C21H22F2N4O2S/c1-2-30(28,29)27-7-4-17(5-8-27)25-19-10-15(9-14-3-6-24-13-18(14)19)16-11-20(22)26-21(23)12-16/h3,6,9-13,17,25H,2,4-5,7-8H2,1H3. The van der Waals surface area contributed by atoms with E-state index in [4.69, 9.17) is 0 Å². The van der Waals surface area contributed by atoms with Crippen LogP contribution in [0.25, 0.3) is 21.9 Å². The largest absolute Gasteiger partial charge is 0.382 e. The average Bonchev–Trinajstić information content (AvgIpc) is 2.73. The molecule has 1 aromatic carbocycles. The number of sulfonamides is 1. The van der Waals surface area contributed by atoms with Gasteiger partial charge in [0.05, 0.1) is 5.75 Å². The first kappa shape index (κ1) is 20.6. The Hall–Kier alpha value is -2.65. The Balaban J connectivity index is 1.64. The van der Waals surface area contributed by atoms with Gasteiger partial charge in [0.2, 0.25) is 21.9 Å². The summed E-state index contributed by atoms with van der Waals surface area (Å²) in [5.41, 5.74) is 1.85. The molecule has 0 radical (unpaired) electrons. The zero-order valence-electron chi connectivity index (χ0n) is 16.5. The van der Waals surface area contributed by atoms with Gasteiger partial charge in [-0.3, -0.25) is 4.98 Å². The molecule has 1 fully saturated rings. The second-order valence-electron chi connectivity index (χ2n) is 7.34. The molecule has 3 aromatic rings. The Morgan fingerprint density at radius 3 is 2.43 bits per heavy atom. The van der Waals surface area contributed by atoms with Gasteiger partial charge in [-0.15, -0.1) is 0 Å². The molecule has 1 saturated heterocycles. The first-order valence-corrected chi connectivity index (χ1v) is 11.4. The Bertz CT molecular complexity index is 1160. The van der Waals surface area contributed by atoms with Crippen LogP contribution in [0.2, 0.25) is 0 Å². The number of halogens is 2. The summed E-state index contributed by atoms with van der Waals surface area (Å²) in [5, 5.41) is 5.26. The van der Waals surface area contributed by atoms with Gasteiger partial charge in [0.25, 0.3) is 0 Å². The molecule has 0 saturated carbocycles. The number of rotatable bonds is 5. The average molecular weight is 432 g/mol. The quantitative estimate of drug-likeness (QED) is 0.621. The maximum absolute atomic E-state index is 13.6. The van der Waals surface area contributed by atoms with Crippen LogP contribution < -0.4 is 5.32 Å². The first-order chi connectivity index (χ1) is 14.4. The lowest BCUT2D eigenvalue weighted by atomic mass is 10.00. The van der Waals surface area contributed by atoms with Crippen molar-refractivity contribution >= 4 is 26.5 Å². The van der Waals surface area contributed by atoms with E-state index in [0.717, 1.165) is 16.5 Å². The number of pyridine rings is 2. The fourth-order valence-corrected chi connectivity index (χ4v) is 4.93. The van der Waals surface area contributed by atoms with Crippen LogP contribution in [0, 0.1) is 11.9 Å². The fourth-order valence-electron chi connectivity index (χ4n) is 3.80. The van der Waals surface area contributed by atoms with Crippen LogP contribution in [0.1, 0.15) is 19.8 Å². The molecule has 3 heterocycles. The summed E-state index contributed by atoms with van der Waals surface area (Å²) in [5.74, 6) is -1.65. The smallest absolute Gasteiger partial charge is 0.216 e. The van der Waals surface area contributed by atoms with Gasteiger partial charge in [-0.25, -0.2) is 12.7 Å². The van der Waals surface area contributed by atoms with E-state index in [9.17, 15) is 17.2 Å². The van der Waals surface area contributed by atoms with E-state index >= 15 is 0 Å². The molecule has 30 heavy (non-hydrogen) atoms. The van der Waals surface area contributed by atoms with Gasteiger partial charge in [0.1, 0.15) is 0 Å². The number of hydrogen-bond donors (Lipinski definition) is 1. The molecule has 0 spiro atoms. The van der Waals surface area contributed by atoms with Crippen molar-refractivity contribution < 1.29 is 17.2 Å². The minimum atomic E-state index is -3.18. The van der Waals surface area contributed by atoms with Crippen LogP contribution in [0.15, 0.2) is 42.7 Å². The van der Waals surface area contributed by atoms with Crippen molar-refractivity contribution in [1.29, 1.82) is 0 Å². The number of aromatic nitrogens is 2. The van der Waals surface area contributed by atoms with E-state index in [1.807, 2.05) is 18.2 Å². The number of hydrogen-bond acceptors (Lipinski definition) is 5. The molecule has 6 nitrogen and oxygen atoms in total. The molecule has 0 bridgehead atoms. The number of nitrogens with one attached hydrogen (secondary N) is 1. The molecule has 0 amide bonds. The zero-order chi connectivity index (χ0) is 21.3. The van der Waals surface area contributed by atoms with Gasteiger partial charge in [-0.05, 0) is 54.5 Å². The lowest BCUT2D eigenvalue weighted by Crippen LogP contribution is -2.42. The van der Waals surface area contributed by atoms with Gasteiger partial charge in [0.15, 0.2) is 0 Å². The third kappa shape index (κ3) is 4.27. The van der Waals surface area contributed by atoms with Crippen LogP contribution in [0.4, 0.5) is 14.5 Å². The molecule has 0 unspecified atom stereocenters. The molecule has 1 aliphatic rings. The summed E-state index contributed by atoms with van der Waals surface area (Å²) in [7, 11) is -3.18. The van der Waals surface area contributed by atoms with Crippen molar-refractivity contribution in [2.24, 2.45) is 0 Å². The normalized spacial score (nSPS) is 16.1. The summed E-state index contributed by atoms with van der Waals surface area (Å²) in [6, 6.07) is 8.01. The monoisotopic (exact) mass is 432 g/mol. The SMILES string of the molecule is CCS(=O)(=O)N1CCC(Nc2cc(-c3cc(F)nc(F)c3)cc3ccncc23)CC1. The lowest BCUT2D eigenvalue weighted by Gasteiger charge is -2.32. The highest BCUT2D eigenvalue weighted by Crippen LogP contribution is 2.32. The second kappa shape index (κ2) is 8.23. The summed E-state index contributed by atoms with van der Waals surface area (Å²) >= 11 is 0. The number of piperidine rings is 1. The maximum atomic E-state index is 13.6. The lowest BCUT2D eigenvalue weighted by molar-refractivity contribution is 0.330. The minimum absolute atomic E-state index is 0.0814. The zero-order valence-corrected chi connectivity index (χ0v) is 17.3. The van der Waals surface area contributed by atoms with Gasteiger partial charge in [-0.1, -0.05) is 0 Å². The fraction of sp³-hybridized carbons (Fsp3) is 0.333. The molecular weight excluding hydrogens is 410 g/mol. The van der Waals surface area contributed by atoms with Crippen LogP contribution in [0.3, 0.4) is 0 Å². The predicted molar refractivity (Wildman–Crippen MR) is 113 cm³/mol. The molecule has 9 heteroatoms. The molecule has 2 aromatic heterocycles. The van der Waals surface area contributed by atoms with Crippen LogP contribution in [-0.2, 0) is 10.0 Å². The van der Waals surface area contributed by atoms with Crippen molar-refractivity contribution in [3.63, 3.8) is 0 Å². The van der Waals surface area contributed by atoms with Crippen LogP contribution in [-0.4, -0.2) is 47.6 Å². The third-order valence-electron chi connectivity index (χ3n) is 5.42. The van der Waals surface area contributed by atoms with Crippen molar-refractivity contribution in [2.75, 3.05) is 24.2 Å². The Kier molecular flexibility index (Phi) is 5.66. The Morgan fingerprint density at radius 2 is 1.77 bits per heavy atom. The van der Waals surface area contributed by atoms with Crippen molar-refractivity contribution in [3.8, 4) is 11.1 Å². The minimum Gasteiger partial charge on any atom is -0.382 e. The van der Waals surface area contributed by atoms with E-state index in [0.29, 0.717) is 37.1 Å². The highest BCUT2D eigenvalue weighted by atomic mass is 32.2. The summed E-state index contributed by atoms with van der Waals surface area (Å²) in [6.07, 6.45) is 4.75. The molecule has 1 aliphatic heterocycles. The highest BCUT2D eigenvalue weighted by Gasteiger charge is 2.27. The molecular formula is C21H22F2N4O2S. The van der Waals surface area contributed by atoms with Gasteiger partial charge in [-0.2, -0.15) is 13.8 Å².